The predicted molar refractivity (Wildman–Crippen MR) is 67.7 cm³/mol. The Morgan fingerprint density at radius 2 is 2.18 bits per heavy atom. The molecule has 92 valence electrons. The number of hydrogen-bond acceptors (Lipinski definition) is 5. The van der Waals surface area contributed by atoms with Crippen molar-refractivity contribution in [2.75, 3.05) is 25.5 Å². The van der Waals surface area contributed by atoms with Gasteiger partial charge in [0, 0.05) is 24.8 Å². The van der Waals surface area contributed by atoms with Crippen LogP contribution in [0.4, 0.5) is 5.95 Å². The quantitative estimate of drug-likeness (QED) is 0.833. The fourth-order valence-corrected chi connectivity index (χ4v) is 1.31. The van der Waals surface area contributed by atoms with Crippen LogP contribution >= 0.6 is 0 Å². The van der Waals surface area contributed by atoms with Crippen molar-refractivity contribution >= 4 is 5.95 Å². The summed E-state index contributed by atoms with van der Waals surface area (Å²) in [6, 6.07) is 4.21. The van der Waals surface area contributed by atoms with E-state index in [2.05, 4.69) is 41.1 Å². The molecule has 0 saturated carbocycles. The molecule has 1 aromatic rings. The zero-order chi connectivity index (χ0) is 12.8. The number of nitriles is 1. The summed E-state index contributed by atoms with van der Waals surface area (Å²) in [5, 5.41) is 11.9. The largest absolute Gasteiger partial charge is 0.353 e. The zero-order valence-electron chi connectivity index (χ0n) is 10.9. The van der Waals surface area contributed by atoms with Crippen LogP contribution in [0.1, 0.15) is 25.2 Å². The Balaban J connectivity index is 2.52. The van der Waals surface area contributed by atoms with E-state index in [9.17, 15) is 0 Å². The third kappa shape index (κ3) is 4.37. The number of nitrogens with one attached hydrogen (secondary N) is 1. The van der Waals surface area contributed by atoms with Gasteiger partial charge in [-0.1, -0.05) is 0 Å². The number of nitrogens with zero attached hydrogens (tertiary/aromatic N) is 4. The molecule has 5 nitrogen and oxygen atoms in total. The van der Waals surface area contributed by atoms with Gasteiger partial charge in [-0.3, -0.25) is 0 Å². The average molecular weight is 233 g/mol. The highest BCUT2D eigenvalue weighted by Gasteiger charge is 2.04. The van der Waals surface area contributed by atoms with Gasteiger partial charge in [0.1, 0.15) is 11.8 Å². The first-order chi connectivity index (χ1) is 8.02. The van der Waals surface area contributed by atoms with Gasteiger partial charge in [-0.2, -0.15) is 5.26 Å². The SMILES string of the molecule is Cc1cc(C#N)nc(NCCN(C)C(C)C)n1. The van der Waals surface area contributed by atoms with Crippen LogP contribution in [-0.4, -0.2) is 41.0 Å². The minimum Gasteiger partial charge on any atom is -0.353 e. The highest BCUT2D eigenvalue weighted by molar-refractivity contribution is 5.32. The van der Waals surface area contributed by atoms with Gasteiger partial charge in [-0.15, -0.1) is 0 Å². The Kier molecular flexibility index (Phi) is 4.85. The molecule has 1 aromatic heterocycles. The molecule has 0 unspecified atom stereocenters. The molecule has 1 rings (SSSR count). The molecule has 0 atom stereocenters. The Labute approximate surface area is 102 Å². The molecule has 0 bridgehead atoms. The van der Waals surface area contributed by atoms with Crippen LogP contribution in [0.3, 0.4) is 0 Å². The Morgan fingerprint density at radius 3 is 2.76 bits per heavy atom. The number of hydrogen-bond donors (Lipinski definition) is 1. The molecule has 1 heterocycles. The molecule has 0 aliphatic heterocycles. The zero-order valence-corrected chi connectivity index (χ0v) is 10.9. The van der Waals surface area contributed by atoms with Gasteiger partial charge >= 0.3 is 0 Å². The fraction of sp³-hybridized carbons (Fsp3) is 0.583. The first-order valence-electron chi connectivity index (χ1n) is 5.73. The molecule has 5 heteroatoms. The average Bonchev–Trinajstić information content (AvgIpc) is 2.27. The summed E-state index contributed by atoms with van der Waals surface area (Å²) in [6.07, 6.45) is 0. The fourth-order valence-electron chi connectivity index (χ4n) is 1.31. The molecule has 17 heavy (non-hydrogen) atoms. The molecule has 0 spiro atoms. The van der Waals surface area contributed by atoms with Gasteiger partial charge in [0.15, 0.2) is 0 Å². The molecule has 0 fully saturated rings. The van der Waals surface area contributed by atoms with E-state index in [1.807, 2.05) is 13.0 Å². The van der Waals surface area contributed by atoms with Gasteiger partial charge in [0.05, 0.1) is 0 Å². The molecule has 0 aliphatic carbocycles. The van der Waals surface area contributed by atoms with E-state index in [1.165, 1.54) is 0 Å². The summed E-state index contributed by atoms with van der Waals surface area (Å²) < 4.78 is 0. The predicted octanol–water partition coefficient (Wildman–Crippen LogP) is 1.41. The maximum Gasteiger partial charge on any atom is 0.224 e. The van der Waals surface area contributed by atoms with E-state index >= 15 is 0 Å². The Hall–Kier alpha value is -1.67. The number of likely N-dealkylation sites (N-methyl/N-ethyl adjacent to an activating group) is 1. The van der Waals surface area contributed by atoms with Crippen LogP contribution < -0.4 is 5.32 Å². The van der Waals surface area contributed by atoms with E-state index in [0.29, 0.717) is 17.7 Å². The van der Waals surface area contributed by atoms with Gasteiger partial charge in [-0.05, 0) is 33.9 Å². The summed E-state index contributed by atoms with van der Waals surface area (Å²) >= 11 is 0. The minimum atomic E-state index is 0.400. The van der Waals surface area contributed by atoms with Gasteiger partial charge in [0.25, 0.3) is 0 Å². The lowest BCUT2D eigenvalue weighted by molar-refractivity contribution is 0.284. The number of rotatable bonds is 5. The summed E-state index contributed by atoms with van der Waals surface area (Å²) in [4.78, 5) is 10.6. The molecular formula is C12H19N5. The highest BCUT2D eigenvalue weighted by atomic mass is 15.2. The highest BCUT2D eigenvalue weighted by Crippen LogP contribution is 2.03. The second kappa shape index (κ2) is 6.16. The lowest BCUT2D eigenvalue weighted by Crippen LogP contribution is -2.31. The lowest BCUT2D eigenvalue weighted by Gasteiger charge is -2.20. The van der Waals surface area contributed by atoms with Crippen molar-refractivity contribution in [3.8, 4) is 6.07 Å². The molecule has 0 radical (unpaired) electrons. The van der Waals surface area contributed by atoms with Crippen LogP contribution in [0.15, 0.2) is 6.07 Å². The lowest BCUT2D eigenvalue weighted by atomic mass is 10.3. The second-order valence-corrected chi connectivity index (χ2v) is 4.33. The van der Waals surface area contributed by atoms with Crippen molar-refractivity contribution in [1.82, 2.24) is 14.9 Å². The standard InChI is InChI=1S/C12H19N5/c1-9(2)17(4)6-5-14-12-15-10(3)7-11(8-13)16-12/h7,9H,5-6H2,1-4H3,(H,14,15,16). The summed E-state index contributed by atoms with van der Waals surface area (Å²) in [6.45, 7) is 7.84. The van der Waals surface area contributed by atoms with E-state index < -0.39 is 0 Å². The maximum absolute atomic E-state index is 8.80. The van der Waals surface area contributed by atoms with Gasteiger partial charge < -0.3 is 10.2 Å². The number of aromatic nitrogens is 2. The van der Waals surface area contributed by atoms with Crippen LogP contribution in [0.2, 0.25) is 0 Å². The normalized spacial score (nSPS) is 10.6. The summed E-state index contributed by atoms with van der Waals surface area (Å²) in [7, 11) is 2.07. The molecule has 1 N–H and O–H groups in total. The van der Waals surface area contributed by atoms with Crippen molar-refractivity contribution in [1.29, 1.82) is 5.26 Å². The monoisotopic (exact) mass is 233 g/mol. The minimum absolute atomic E-state index is 0.400. The van der Waals surface area contributed by atoms with Gasteiger partial charge in [0.2, 0.25) is 5.95 Å². The number of aryl methyl sites for hydroxylation is 1. The van der Waals surface area contributed by atoms with Crippen molar-refractivity contribution in [2.45, 2.75) is 26.8 Å². The molecular weight excluding hydrogens is 214 g/mol. The van der Waals surface area contributed by atoms with Crippen molar-refractivity contribution in [2.24, 2.45) is 0 Å². The Bertz CT molecular complexity index is 408. The topological polar surface area (TPSA) is 64.8 Å². The van der Waals surface area contributed by atoms with Crippen molar-refractivity contribution in [3.63, 3.8) is 0 Å². The van der Waals surface area contributed by atoms with E-state index in [1.54, 1.807) is 6.07 Å². The number of anilines is 1. The van der Waals surface area contributed by atoms with Crippen LogP contribution in [0, 0.1) is 18.3 Å². The van der Waals surface area contributed by atoms with E-state index in [4.69, 9.17) is 5.26 Å². The summed E-state index contributed by atoms with van der Waals surface area (Å²) in [5.74, 6) is 0.527. The van der Waals surface area contributed by atoms with Crippen molar-refractivity contribution in [3.05, 3.63) is 17.5 Å². The van der Waals surface area contributed by atoms with E-state index in [-0.39, 0.29) is 0 Å². The van der Waals surface area contributed by atoms with Crippen molar-refractivity contribution < 1.29 is 0 Å². The first kappa shape index (κ1) is 13.4. The molecule has 0 aromatic carbocycles. The third-order valence-corrected chi connectivity index (χ3v) is 2.60. The summed E-state index contributed by atoms with van der Waals surface area (Å²) in [5.41, 5.74) is 1.20. The maximum atomic E-state index is 8.80. The third-order valence-electron chi connectivity index (χ3n) is 2.60. The smallest absolute Gasteiger partial charge is 0.224 e. The molecule has 0 aliphatic rings. The van der Waals surface area contributed by atoms with Crippen LogP contribution in [0.25, 0.3) is 0 Å². The Morgan fingerprint density at radius 1 is 1.47 bits per heavy atom. The van der Waals surface area contributed by atoms with E-state index in [0.717, 1.165) is 18.8 Å². The second-order valence-electron chi connectivity index (χ2n) is 4.33. The van der Waals surface area contributed by atoms with Crippen LogP contribution in [-0.2, 0) is 0 Å². The van der Waals surface area contributed by atoms with Crippen LogP contribution in [0.5, 0.6) is 0 Å². The molecule has 0 saturated heterocycles. The van der Waals surface area contributed by atoms with Gasteiger partial charge in [-0.25, -0.2) is 9.97 Å². The first-order valence-corrected chi connectivity index (χ1v) is 5.73. The molecule has 0 amide bonds.